The van der Waals surface area contributed by atoms with E-state index in [2.05, 4.69) is 15.3 Å². The number of hydrogen-bond donors (Lipinski definition) is 1. The fourth-order valence-electron chi connectivity index (χ4n) is 3.03. The molecule has 9 heteroatoms. The van der Waals surface area contributed by atoms with Crippen LogP contribution >= 0.6 is 11.6 Å². The highest BCUT2D eigenvalue weighted by Crippen LogP contribution is 2.39. The van der Waals surface area contributed by atoms with Crippen molar-refractivity contribution in [3.05, 3.63) is 40.7 Å². The number of nitrogens with one attached hydrogen (secondary N) is 1. The predicted molar refractivity (Wildman–Crippen MR) is 123 cm³/mol. The number of halogens is 1. The van der Waals surface area contributed by atoms with Crippen LogP contribution in [-0.2, 0) is 14.0 Å². The Bertz CT molecular complexity index is 1000. The molecule has 166 valence electrons. The van der Waals surface area contributed by atoms with Gasteiger partial charge in [-0.05, 0) is 71.6 Å². The maximum atomic E-state index is 12.2. The molecule has 2 aromatic rings. The molecule has 0 bridgehead atoms. The molecule has 0 spiro atoms. The molecule has 0 radical (unpaired) electrons. The Labute approximate surface area is 188 Å². The molecule has 31 heavy (non-hydrogen) atoms. The second-order valence-corrected chi connectivity index (χ2v) is 9.96. The summed E-state index contributed by atoms with van der Waals surface area (Å²) in [5, 5.41) is 3.92. The molecule has 0 aliphatic carbocycles. The molecule has 1 N–H and O–H groups in total. The smallest absolute Gasteiger partial charge is 0.444 e. The predicted octanol–water partition coefficient (Wildman–Crippen LogP) is 4.82. The van der Waals surface area contributed by atoms with Crippen molar-refractivity contribution in [1.82, 2.24) is 15.3 Å². The number of rotatable bonds is 4. The average Bonchev–Trinajstić information content (AvgIpc) is 2.85. The normalized spacial score (nSPS) is 18.3. The zero-order valence-corrected chi connectivity index (χ0v) is 19.8. The van der Waals surface area contributed by atoms with Crippen molar-refractivity contribution in [2.75, 3.05) is 6.54 Å². The summed E-state index contributed by atoms with van der Waals surface area (Å²) in [7, 11) is -0.627. The van der Waals surface area contributed by atoms with Crippen molar-refractivity contribution < 1.29 is 18.8 Å². The Balaban J connectivity index is 1.92. The van der Waals surface area contributed by atoms with E-state index in [0.717, 1.165) is 21.9 Å². The minimum absolute atomic E-state index is 0.197. The van der Waals surface area contributed by atoms with Crippen molar-refractivity contribution >= 4 is 41.8 Å². The number of carbonyl (C=O) groups excluding carboxylic acids is 1. The van der Waals surface area contributed by atoms with Crippen LogP contribution < -0.4 is 5.32 Å². The van der Waals surface area contributed by atoms with Crippen molar-refractivity contribution in [1.29, 1.82) is 0 Å². The molecule has 0 unspecified atom stereocenters. The number of hydrogen-bond acceptors (Lipinski definition) is 6. The number of fused-ring (bicyclic) bond motifs is 1. The van der Waals surface area contributed by atoms with Gasteiger partial charge < -0.3 is 19.4 Å². The topological polar surface area (TPSA) is 82.6 Å². The van der Waals surface area contributed by atoms with Crippen LogP contribution in [-0.4, -0.2) is 46.5 Å². The summed E-state index contributed by atoms with van der Waals surface area (Å²) in [4.78, 5) is 20.5. The maximum absolute atomic E-state index is 12.2. The minimum atomic E-state index is -0.627. The van der Waals surface area contributed by atoms with Crippen molar-refractivity contribution in [2.45, 2.75) is 65.3 Å². The quantitative estimate of drug-likeness (QED) is 0.536. The molecule has 1 aliphatic heterocycles. The van der Waals surface area contributed by atoms with Gasteiger partial charge in [0, 0.05) is 11.9 Å². The molecule has 1 fully saturated rings. The molecule has 3 rings (SSSR count). The van der Waals surface area contributed by atoms with Gasteiger partial charge in [-0.15, -0.1) is 0 Å². The van der Waals surface area contributed by atoms with E-state index in [1.165, 1.54) is 6.33 Å². The lowest BCUT2D eigenvalue weighted by Crippen LogP contribution is -2.41. The second kappa shape index (κ2) is 8.41. The van der Waals surface area contributed by atoms with Gasteiger partial charge >= 0.3 is 13.2 Å². The van der Waals surface area contributed by atoms with Gasteiger partial charge in [0.15, 0.2) is 0 Å². The fraction of sp³-hybridized carbons (Fsp3) is 0.500. The Hall–Kier alpha value is -2.16. The summed E-state index contributed by atoms with van der Waals surface area (Å²) >= 11 is 6.24. The molecule has 1 aromatic heterocycles. The van der Waals surface area contributed by atoms with Crippen LogP contribution in [0.2, 0.25) is 5.15 Å². The lowest BCUT2D eigenvalue weighted by Gasteiger charge is -2.32. The third kappa shape index (κ3) is 5.56. The SMILES string of the molecule is CC(C)(C)OC(=O)NCC(=Cc1ccc2ncnc(Cl)c2c1)B1OC(C)(C)C(C)(C)O1. The van der Waals surface area contributed by atoms with Crippen LogP contribution in [0.4, 0.5) is 4.79 Å². The van der Waals surface area contributed by atoms with Gasteiger partial charge in [0.25, 0.3) is 0 Å². The molecular weight excluding hydrogens is 417 g/mol. The van der Waals surface area contributed by atoms with Crippen LogP contribution in [0.5, 0.6) is 0 Å². The standard InChI is InChI=1S/C22H29BClN3O4/c1-20(2,3)29-19(28)25-12-15(23-30-21(4,5)22(6,7)31-23)10-14-8-9-17-16(11-14)18(24)27-13-26-17/h8-11,13H,12H2,1-7H3,(H,25,28). The number of carbonyl (C=O) groups is 1. The van der Waals surface area contributed by atoms with Crippen molar-refractivity contribution in [3.8, 4) is 0 Å². The monoisotopic (exact) mass is 445 g/mol. The van der Waals surface area contributed by atoms with E-state index in [1.54, 1.807) is 0 Å². The van der Waals surface area contributed by atoms with E-state index in [0.29, 0.717) is 5.15 Å². The largest absolute Gasteiger partial charge is 0.492 e. The van der Waals surface area contributed by atoms with Crippen LogP contribution in [0.15, 0.2) is 30.0 Å². The summed E-state index contributed by atoms with van der Waals surface area (Å²) in [5.41, 5.74) is 0.748. The molecule has 0 atom stereocenters. The summed E-state index contributed by atoms with van der Waals surface area (Å²) < 4.78 is 17.8. The number of nitrogens with zero attached hydrogens (tertiary/aromatic N) is 2. The highest BCUT2D eigenvalue weighted by Gasteiger charge is 2.52. The van der Waals surface area contributed by atoms with Gasteiger partial charge in [-0.3, -0.25) is 0 Å². The first-order chi connectivity index (χ1) is 14.3. The van der Waals surface area contributed by atoms with Crippen LogP contribution in [0.25, 0.3) is 17.0 Å². The van der Waals surface area contributed by atoms with Gasteiger partial charge in [0.05, 0.1) is 16.7 Å². The molecule has 1 saturated heterocycles. The van der Waals surface area contributed by atoms with Gasteiger partial charge in [0.1, 0.15) is 17.1 Å². The van der Waals surface area contributed by atoms with E-state index in [4.69, 9.17) is 25.6 Å². The summed E-state index contributed by atoms with van der Waals surface area (Å²) in [5.74, 6) is 0. The van der Waals surface area contributed by atoms with Gasteiger partial charge in [0.2, 0.25) is 0 Å². The maximum Gasteiger partial charge on any atom is 0.492 e. The first kappa shape index (κ1) is 23.5. The number of alkyl carbamates (subject to hydrolysis) is 1. The number of aromatic nitrogens is 2. The average molecular weight is 446 g/mol. The first-order valence-electron chi connectivity index (χ1n) is 10.2. The molecule has 1 aromatic carbocycles. The van der Waals surface area contributed by atoms with Crippen molar-refractivity contribution in [2.24, 2.45) is 0 Å². The lowest BCUT2D eigenvalue weighted by molar-refractivity contribution is 0.00578. The van der Waals surface area contributed by atoms with E-state index in [-0.39, 0.29) is 6.54 Å². The van der Waals surface area contributed by atoms with Crippen LogP contribution in [0.1, 0.15) is 54.0 Å². The number of ether oxygens (including phenoxy) is 1. The Morgan fingerprint density at radius 3 is 2.45 bits per heavy atom. The molecule has 2 heterocycles. The Morgan fingerprint density at radius 1 is 1.19 bits per heavy atom. The second-order valence-electron chi connectivity index (χ2n) is 9.60. The molecule has 7 nitrogen and oxygen atoms in total. The Kier molecular flexibility index (Phi) is 6.38. The minimum Gasteiger partial charge on any atom is -0.444 e. The molecule has 1 aliphatic rings. The van der Waals surface area contributed by atoms with E-state index in [1.807, 2.05) is 72.7 Å². The van der Waals surface area contributed by atoms with Gasteiger partial charge in [-0.1, -0.05) is 23.7 Å². The van der Waals surface area contributed by atoms with Crippen LogP contribution in [0.3, 0.4) is 0 Å². The van der Waals surface area contributed by atoms with E-state index in [9.17, 15) is 4.79 Å². The highest BCUT2D eigenvalue weighted by atomic mass is 35.5. The summed E-state index contributed by atoms with van der Waals surface area (Å²) in [6.45, 7) is 13.6. The number of benzene rings is 1. The molecule has 0 saturated carbocycles. The zero-order chi connectivity index (χ0) is 23.0. The summed E-state index contributed by atoms with van der Waals surface area (Å²) in [6.07, 6.45) is 2.84. The lowest BCUT2D eigenvalue weighted by atomic mass is 9.77. The summed E-state index contributed by atoms with van der Waals surface area (Å²) in [6, 6.07) is 5.69. The van der Waals surface area contributed by atoms with Gasteiger partial charge in [-0.25, -0.2) is 14.8 Å². The van der Waals surface area contributed by atoms with Crippen LogP contribution in [0, 0.1) is 0 Å². The number of amides is 1. The molecular formula is C22H29BClN3O4. The first-order valence-corrected chi connectivity index (χ1v) is 10.6. The van der Waals surface area contributed by atoms with E-state index >= 15 is 0 Å². The third-order valence-corrected chi connectivity index (χ3v) is 5.66. The van der Waals surface area contributed by atoms with Gasteiger partial charge in [-0.2, -0.15) is 0 Å². The fourth-order valence-corrected chi connectivity index (χ4v) is 3.23. The zero-order valence-electron chi connectivity index (χ0n) is 19.1. The highest BCUT2D eigenvalue weighted by molar-refractivity contribution is 6.56. The van der Waals surface area contributed by atoms with Crippen molar-refractivity contribution in [3.63, 3.8) is 0 Å². The molecule has 1 amide bonds. The Morgan fingerprint density at radius 2 is 1.84 bits per heavy atom. The third-order valence-electron chi connectivity index (χ3n) is 5.35. The van der Waals surface area contributed by atoms with E-state index < -0.39 is 30.0 Å².